The van der Waals surface area contributed by atoms with E-state index in [1.54, 1.807) is 18.4 Å². The van der Waals surface area contributed by atoms with Gasteiger partial charge in [0.2, 0.25) is 5.91 Å². The minimum absolute atomic E-state index is 0.0493. The summed E-state index contributed by atoms with van der Waals surface area (Å²) in [4.78, 5) is 28.3. The third-order valence-corrected chi connectivity index (χ3v) is 5.88. The number of nitrogens with zero attached hydrogens (tertiary/aromatic N) is 1. The van der Waals surface area contributed by atoms with E-state index in [-0.39, 0.29) is 18.2 Å². The molecule has 1 N–H and O–H groups in total. The van der Waals surface area contributed by atoms with Gasteiger partial charge >= 0.3 is 0 Å². The van der Waals surface area contributed by atoms with Crippen LogP contribution in [0.3, 0.4) is 0 Å². The molecule has 1 aromatic heterocycles. The summed E-state index contributed by atoms with van der Waals surface area (Å²) < 4.78 is 5.48. The molecule has 0 spiro atoms. The van der Waals surface area contributed by atoms with Gasteiger partial charge in [-0.3, -0.25) is 14.5 Å². The van der Waals surface area contributed by atoms with Crippen LogP contribution in [0.25, 0.3) is 0 Å². The van der Waals surface area contributed by atoms with Crippen LogP contribution in [-0.2, 0) is 29.1 Å². The maximum atomic E-state index is 12.9. The van der Waals surface area contributed by atoms with Gasteiger partial charge in [0.25, 0.3) is 0 Å². The Labute approximate surface area is 187 Å². The van der Waals surface area contributed by atoms with Gasteiger partial charge in [0.15, 0.2) is 5.78 Å². The van der Waals surface area contributed by atoms with Crippen LogP contribution in [-0.4, -0.2) is 36.3 Å². The van der Waals surface area contributed by atoms with Gasteiger partial charge in [0.1, 0.15) is 5.75 Å². The monoisotopic (exact) mass is 436 g/mol. The molecule has 0 aliphatic carbocycles. The molecule has 0 bridgehead atoms. The van der Waals surface area contributed by atoms with Gasteiger partial charge in [-0.2, -0.15) is 0 Å². The number of carbonyl (C=O) groups is 2. The highest BCUT2D eigenvalue weighted by Crippen LogP contribution is 2.21. The molecule has 1 atom stereocenters. The van der Waals surface area contributed by atoms with Crippen LogP contribution in [0.15, 0.2) is 72.1 Å². The number of nitrogens with one attached hydrogen (secondary N) is 1. The second-order valence-electron chi connectivity index (χ2n) is 7.46. The van der Waals surface area contributed by atoms with Gasteiger partial charge in [-0.05, 0) is 36.4 Å². The Bertz CT molecular complexity index is 973. The summed E-state index contributed by atoms with van der Waals surface area (Å²) in [6.07, 6.45) is 0.485. The molecule has 0 saturated carbocycles. The smallest absolute Gasteiger partial charge is 0.234 e. The molecule has 0 fully saturated rings. The third-order valence-electron chi connectivity index (χ3n) is 5.02. The lowest BCUT2D eigenvalue weighted by Gasteiger charge is -2.24. The van der Waals surface area contributed by atoms with Crippen molar-refractivity contribution >= 4 is 23.0 Å². The molecule has 1 unspecified atom stereocenters. The minimum Gasteiger partial charge on any atom is -0.496 e. The highest BCUT2D eigenvalue weighted by molar-refractivity contribution is 7.09. The van der Waals surface area contributed by atoms with Gasteiger partial charge in [-0.15, -0.1) is 11.3 Å². The summed E-state index contributed by atoms with van der Waals surface area (Å²) in [5.41, 5.74) is 2.04. The number of rotatable bonds is 11. The molecule has 2 aromatic carbocycles. The molecule has 3 aromatic rings. The molecule has 0 aliphatic rings. The molecule has 3 rings (SSSR count). The normalized spacial score (nSPS) is 11.8. The van der Waals surface area contributed by atoms with Gasteiger partial charge in [0.05, 0.1) is 19.7 Å². The Hall–Kier alpha value is -2.96. The lowest BCUT2D eigenvalue weighted by Crippen LogP contribution is -2.45. The molecule has 6 heteroatoms. The van der Waals surface area contributed by atoms with Crippen molar-refractivity contribution in [3.05, 3.63) is 88.1 Å². The molecule has 0 radical (unpaired) electrons. The predicted octanol–water partition coefficient (Wildman–Crippen LogP) is 4.08. The summed E-state index contributed by atoms with van der Waals surface area (Å²) in [7, 11) is 1.65. The zero-order valence-electron chi connectivity index (χ0n) is 17.9. The highest BCUT2D eigenvalue weighted by atomic mass is 32.1. The molecular weight excluding hydrogens is 408 g/mol. The van der Waals surface area contributed by atoms with Crippen molar-refractivity contribution in [3.63, 3.8) is 0 Å². The number of ketones is 1. The first-order chi connectivity index (χ1) is 15.0. The molecule has 162 valence electrons. The SMILES string of the molecule is COc1ccccc1CN(CC(=O)NC(Cc1ccccc1)C(C)=O)Cc1cccs1. The van der Waals surface area contributed by atoms with Crippen molar-refractivity contribution in [1.82, 2.24) is 10.2 Å². The lowest BCUT2D eigenvalue weighted by molar-refractivity contribution is -0.127. The topological polar surface area (TPSA) is 58.6 Å². The number of amides is 1. The first kappa shape index (κ1) is 22.7. The van der Waals surface area contributed by atoms with Gasteiger partial charge in [-0.25, -0.2) is 0 Å². The van der Waals surface area contributed by atoms with E-state index in [1.165, 1.54) is 11.8 Å². The van der Waals surface area contributed by atoms with Gasteiger partial charge < -0.3 is 10.1 Å². The number of hydrogen-bond acceptors (Lipinski definition) is 5. The number of Topliss-reactive ketones (excluding diaryl/α,β-unsaturated/α-hetero) is 1. The number of thiophene rings is 1. The Morgan fingerprint density at radius 2 is 1.74 bits per heavy atom. The number of benzene rings is 2. The van der Waals surface area contributed by atoms with E-state index in [9.17, 15) is 9.59 Å². The van der Waals surface area contributed by atoms with Crippen molar-refractivity contribution in [2.45, 2.75) is 32.5 Å². The van der Waals surface area contributed by atoms with Crippen molar-refractivity contribution in [2.24, 2.45) is 0 Å². The Kier molecular flexibility index (Phi) is 8.38. The van der Waals surface area contributed by atoms with E-state index in [0.717, 1.165) is 16.9 Å². The Morgan fingerprint density at radius 3 is 2.42 bits per heavy atom. The van der Waals surface area contributed by atoms with E-state index < -0.39 is 6.04 Å². The fourth-order valence-electron chi connectivity index (χ4n) is 3.45. The minimum atomic E-state index is -0.537. The first-order valence-electron chi connectivity index (χ1n) is 10.3. The molecule has 1 amide bonds. The third kappa shape index (κ3) is 7.05. The summed E-state index contributed by atoms with van der Waals surface area (Å²) in [5, 5.41) is 4.96. The number of hydrogen-bond donors (Lipinski definition) is 1. The quantitative estimate of drug-likeness (QED) is 0.492. The maximum Gasteiger partial charge on any atom is 0.234 e. The van der Waals surface area contributed by atoms with E-state index in [4.69, 9.17) is 4.74 Å². The first-order valence-corrected chi connectivity index (χ1v) is 11.1. The van der Waals surface area contributed by atoms with Crippen molar-refractivity contribution in [2.75, 3.05) is 13.7 Å². The van der Waals surface area contributed by atoms with Gasteiger partial charge in [0, 0.05) is 23.5 Å². The van der Waals surface area contributed by atoms with Crippen LogP contribution in [0, 0.1) is 0 Å². The van der Waals surface area contributed by atoms with Crippen LogP contribution in [0.5, 0.6) is 5.75 Å². The molecular formula is C25H28N2O3S. The number of carbonyl (C=O) groups excluding carboxylic acids is 2. The predicted molar refractivity (Wildman–Crippen MR) is 124 cm³/mol. The van der Waals surface area contributed by atoms with Crippen LogP contribution in [0.4, 0.5) is 0 Å². The molecule has 0 aliphatic heterocycles. The van der Waals surface area contributed by atoms with E-state index in [1.807, 2.05) is 66.0 Å². The molecule has 31 heavy (non-hydrogen) atoms. The molecule has 5 nitrogen and oxygen atoms in total. The van der Waals surface area contributed by atoms with Crippen molar-refractivity contribution in [3.8, 4) is 5.75 Å². The fraction of sp³-hybridized carbons (Fsp3) is 0.280. The summed E-state index contributed by atoms with van der Waals surface area (Å²) in [5.74, 6) is 0.583. The zero-order valence-corrected chi connectivity index (χ0v) is 18.7. The average Bonchev–Trinajstić information content (AvgIpc) is 3.27. The highest BCUT2D eigenvalue weighted by Gasteiger charge is 2.20. The molecule has 1 heterocycles. The van der Waals surface area contributed by atoms with Crippen LogP contribution >= 0.6 is 11.3 Å². The lowest BCUT2D eigenvalue weighted by atomic mass is 10.0. The summed E-state index contributed by atoms with van der Waals surface area (Å²) in [6, 6.07) is 21.1. The second-order valence-corrected chi connectivity index (χ2v) is 8.49. The number of methoxy groups -OCH3 is 1. The fourth-order valence-corrected chi connectivity index (χ4v) is 4.20. The van der Waals surface area contributed by atoms with E-state index in [2.05, 4.69) is 16.3 Å². The van der Waals surface area contributed by atoms with Crippen LogP contribution < -0.4 is 10.1 Å². The summed E-state index contributed by atoms with van der Waals surface area (Å²) in [6.45, 7) is 2.92. The largest absolute Gasteiger partial charge is 0.496 e. The number of ether oxygens (including phenoxy) is 1. The summed E-state index contributed by atoms with van der Waals surface area (Å²) >= 11 is 1.66. The van der Waals surface area contributed by atoms with Gasteiger partial charge in [-0.1, -0.05) is 54.6 Å². The van der Waals surface area contributed by atoms with Crippen molar-refractivity contribution in [1.29, 1.82) is 0 Å². The maximum absolute atomic E-state index is 12.9. The Balaban J connectivity index is 1.69. The average molecular weight is 437 g/mol. The van der Waals surface area contributed by atoms with E-state index >= 15 is 0 Å². The van der Waals surface area contributed by atoms with Crippen LogP contribution in [0.2, 0.25) is 0 Å². The standard InChI is InChI=1S/C25H28N2O3S/c1-19(28)23(15-20-9-4-3-5-10-20)26-25(29)18-27(17-22-12-8-14-31-22)16-21-11-6-7-13-24(21)30-2/h3-14,23H,15-18H2,1-2H3,(H,26,29). The Morgan fingerprint density at radius 1 is 1.00 bits per heavy atom. The van der Waals surface area contributed by atoms with Crippen LogP contribution in [0.1, 0.15) is 22.9 Å². The second kappa shape index (κ2) is 11.4. The van der Waals surface area contributed by atoms with E-state index in [0.29, 0.717) is 19.5 Å². The zero-order chi connectivity index (χ0) is 22.1. The molecule has 0 saturated heterocycles. The number of para-hydroxylation sites is 1. The van der Waals surface area contributed by atoms with Crippen molar-refractivity contribution < 1.29 is 14.3 Å².